The van der Waals surface area contributed by atoms with E-state index in [0.29, 0.717) is 16.7 Å². The predicted molar refractivity (Wildman–Crippen MR) is 104 cm³/mol. The van der Waals surface area contributed by atoms with Gasteiger partial charge in [0, 0.05) is 16.5 Å². The molecule has 4 aromatic rings. The zero-order valence-electron chi connectivity index (χ0n) is 13.9. The molecule has 0 spiro atoms. The molecule has 0 aliphatic heterocycles. The summed E-state index contributed by atoms with van der Waals surface area (Å²) in [6.45, 7) is 3.99. The molecule has 5 nitrogen and oxygen atoms in total. The van der Waals surface area contributed by atoms with Crippen molar-refractivity contribution in [3.05, 3.63) is 59.7 Å². The first-order valence-electron chi connectivity index (χ1n) is 7.97. The Labute approximate surface area is 150 Å². The third-order valence-electron chi connectivity index (χ3n) is 4.21. The maximum absolute atomic E-state index is 4.72. The Kier molecular flexibility index (Phi) is 3.89. The first-order chi connectivity index (χ1) is 12.1. The Hall–Kier alpha value is -2.86. The summed E-state index contributed by atoms with van der Waals surface area (Å²) in [6.07, 6.45) is 0. The smallest absolute Gasteiger partial charge is 0.163 e. The molecule has 124 valence electrons. The highest BCUT2D eigenvalue weighted by Gasteiger charge is 2.14. The Bertz CT molecular complexity index is 1070. The molecule has 4 rings (SSSR count). The number of nitrogens with zero attached hydrogens (tertiary/aromatic N) is 3. The molecule has 0 bridgehead atoms. The number of aromatic nitrogens is 4. The molecule has 2 heterocycles. The number of benzene rings is 2. The summed E-state index contributed by atoms with van der Waals surface area (Å²) in [5.74, 6) is 2.09. The van der Waals surface area contributed by atoms with Crippen molar-refractivity contribution in [2.24, 2.45) is 0 Å². The summed E-state index contributed by atoms with van der Waals surface area (Å²) in [5, 5.41) is 12.4. The first kappa shape index (κ1) is 15.7. The molecule has 0 aliphatic rings. The SMILES string of the molecule is Cc1ccccc1-c1nc(S)c(C)c(Nc2n[nH]c3ccccc23)n1. The summed E-state index contributed by atoms with van der Waals surface area (Å²) < 4.78 is 0. The molecule has 0 atom stereocenters. The van der Waals surface area contributed by atoms with Crippen molar-refractivity contribution in [1.82, 2.24) is 20.2 Å². The summed E-state index contributed by atoms with van der Waals surface area (Å²) in [6, 6.07) is 16.0. The van der Waals surface area contributed by atoms with E-state index in [1.54, 1.807) is 0 Å². The van der Waals surface area contributed by atoms with Gasteiger partial charge in [0.05, 0.1) is 5.52 Å². The van der Waals surface area contributed by atoms with E-state index in [-0.39, 0.29) is 0 Å². The monoisotopic (exact) mass is 347 g/mol. The number of fused-ring (bicyclic) bond motifs is 1. The topological polar surface area (TPSA) is 66.5 Å². The average Bonchev–Trinajstić information content (AvgIpc) is 3.02. The Morgan fingerprint density at radius 1 is 0.920 bits per heavy atom. The van der Waals surface area contributed by atoms with Gasteiger partial charge in [0.1, 0.15) is 10.8 Å². The Morgan fingerprint density at radius 2 is 1.68 bits per heavy atom. The van der Waals surface area contributed by atoms with Gasteiger partial charge < -0.3 is 5.32 Å². The summed E-state index contributed by atoms with van der Waals surface area (Å²) in [7, 11) is 0. The number of hydrogen-bond donors (Lipinski definition) is 3. The molecule has 6 heteroatoms. The van der Waals surface area contributed by atoms with Gasteiger partial charge in [-0.1, -0.05) is 36.4 Å². The molecule has 0 amide bonds. The molecule has 2 aromatic heterocycles. The van der Waals surface area contributed by atoms with Crippen molar-refractivity contribution in [2.75, 3.05) is 5.32 Å². The van der Waals surface area contributed by atoms with E-state index < -0.39 is 0 Å². The van der Waals surface area contributed by atoms with Gasteiger partial charge in [-0.05, 0) is 31.5 Å². The van der Waals surface area contributed by atoms with Crippen LogP contribution in [-0.2, 0) is 0 Å². The largest absolute Gasteiger partial charge is 0.323 e. The zero-order chi connectivity index (χ0) is 17.4. The van der Waals surface area contributed by atoms with Gasteiger partial charge in [0.15, 0.2) is 11.6 Å². The number of H-pyrrole nitrogens is 1. The van der Waals surface area contributed by atoms with Crippen LogP contribution in [0.25, 0.3) is 22.3 Å². The molecule has 0 fully saturated rings. The van der Waals surface area contributed by atoms with Gasteiger partial charge in [0.2, 0.25) is 0 Å². The number of para-hydroxylation sites is 1. The fourth-order valence-electron chi connectivity index (χ4n) is 2.74. The van der Waals surface area contributed by atoms with Crippen molar-refractivity contribution < 1.29 is 0 Å². The van der Waals surface area contributed by atoms with Crippen LogP contribution in [0.3, 0.4) is 0 Å². The van der Waals surface area contributed by atoms with Crippen LogP contribution in [0.1, 0.15) is 11.1 Å². The number of rotatable bonds is 3. The number of aryl methyl sites for hydroxylation is 1. The van der Waals surface area contributed by atoms with Crippen LogP contribution in [0.2, 0.25) is 0 Å². The quantitative estimate of drug-likeness (QED) is 0.372. The van der Waals surface area contributed by atoms with Gasteiger partial charge in [-0.25, -0.2) is 9.97 Å². The highest BCUT2D eigenvalue weighted by Crippen LogP contribution is 2.29. The van der Waals surface area contributed by atoms with Crippen LogP contribution in [0.15, 0.2) is 53.6 Å². The highest BCUT2D eigenvalue weighted by molar-refractivity contribution is 7.80. The summed E-state index contributed by atoms with van der Waals surface area (Å²) >= 11 is 4.53. The molecular formula is C19H17N5S. The Balaban J connectivity index is 1.81. The number of hydrogen-bond acceptors (Lipinski definition) is 5. The lowest BCUT2D eigenvalue weighted by Crippen LogP contribution is -2.03. The second-order valence-corrected chi connectivity index (χ2v) is 6.33. The van der Waals surface area contributed by atoms with Crippen LogP contribution in [0, 0.1) is 13.8 Å². The average molecular weight is 347 g/mol. The van der Waals surface area contributed by atoms with Crippen molar-refractivity contribution in [2.45, 2.75) is 18.9 Å². The third kappa shape index (κ3) is 2.85. The van der Waals surface area contributed by atoms with Crippen molar-refractivity contribution in [1.29, 1.82) is 0 Å². The van der Waals surface area contributed by atoms with Crippen molar-refractivity contribution in [3.8, 4) is 11.4 Å². The molecular weight excluding hydrogens is 330 g/mol. The summed E-state index contributed by atoms with van der Waals surface area (Å²) in [5.41, 5.74) is 3.97. The molecule has 0 aliphatic carbocycles. The minimum Gasteiger partial charge on any atom is -0.323 e. The highest BCUT2D eigenvalue weighted by atomic mass is 32.1. The number of anilines is 2. The Morgan fingerprint density at radius 3 is 2.52 bits per heavy atom. The maximum atomic E-state index is 4.72. The molecule has 0 radical (unpaired) electrons. The molecule has 2 aromatic carbocycles. The lowest BCUT2D eigenvalue weighted by atomic mass is 10.1. The standard InChI is InChI=1S/C19H17N5S/c1-11-7-3-4-8-13(11)17-20-16(12(2)19(25)22-17)21-18-14-9-5-6-10-15(14)23-24-18/h3-10H,1-2H3,(H3,20,21,22,23,24,25). The maximum Gasteiger partial charge on any atom is 0.163 e. The van der Waals surface area contributed by atoms with Crippen molar-refractivity contribution >= 4 is 35.2 Å². The van der Waals surface area contributed by atoms with E-state index in [2.05, 4.69) is 33.1 Å². The summed E-state index contributed by atoms with van der Waals surface area (Å²) in [4.78, 5) is 9.26. The lowest BCUT2D eigenvalue weighted by molar-refractivity contribution is 1.02. The normalized spacial score (nSPS) is 11.0. The molecule has 0 unspecified atom stereocenters. The lowest BCUT2D eigenvalue weighted by Gasteiger charge is -2.12. The van der Waals surface area contributed by atoms with Gasteiger partial charge in [0.25, 0.3) is 0 Å². The van der Waals surface area contributed by atoms with Gasteiger partial charge >= 0.3 is 0 Å². The number of aromatic amines is 1. The van der Waals surface area contributed by atoms with E-state index >= 15 is 0 Å². The minimum atomic E-state index is 0.649. The molecule has 0 saturated carbocycles. The van der Waals surface area contributed by atoms with Crippen LogP contribution in [-0.4, -0.2) is 20.2 Å². The van der Waals surface area contributed by atoms with E-state index in [0.717, 1.165) is 33.4 Å². The number of nitrogens with one attached hydrogen (secondary N) is 2. The van der Waals surface area contributed by atoms with Crippen LogP contribution < -0.4 is 5.32 Å². The van der Waals surface area contributed by atoms with E-state index in [1.165, 1.54) is 0 Å². The second kappa shape index (κ2) is 6.22. The van der Waals surface area contributed by atoms with E-state index in [4.69, 9.17) is 4.98 Å². The third-order valence-corrected chi connectivity index (χ3v) is 4.65. The molecule has 2 N–H and O–H groups in total. The zero-order valence-corrected chi connectivity index (χ0v) is 14.8. The van der Waals surface area contributed by atoms with E-state index in [9.17, 15) is 0 Å². The molecule has 0 saturated heterocycles. The minimum absolute atomic E-state index is 0.649. The van der Waals surface area contributed by atoms with Gasteiger partial charge in [-0.3, -0.25) is 5.10 Å². The van der Waals surface area contributed by atoms with Crippen LogP contribution in [0.5, 0.6) is 0 Å². The van der Waals surface area contributed by atoms with E-state index in [1.807, 2.05) is 62.4 Å². The first-order valence-corrected chi connectivity index (χ1v) is 8.42. The second-order valence-electron chi connectivity index (χ2n) is 5.90. The fraction of sp³-hybridized carbons (Fsp3) is 0.105. The predicted octanol–water partition coefficient (Wildman–Crippen LogP) is 4.67. The van der Waals surface area contributed by atoms with Crippen LogP contribution >= 0.6 is 12.6 Å². The fourth-order valence-corrected chi connectivity index (χ4v) is 2.94. The van der Waals surface area contributed by atoms with Crippen LogP contribution in [0.4, 0.5) is 11.6 Å². The molecule has 25 heavy (non-hydrogen) atoms. The van der Waals surface area contributed by atoms with Gasteiger partial charge in [-0.15, -0.1) is 12.6 Å². The van der Waals surface area contributed by atoms with Gasteiger partial charge in [-0.2, -0.15) is 5.10 Å². The van der Waals surface area contributed by atoms with Crippen molar-refractivity contribution in [3.63, 3.8) is 0 Å². The number of thiol groups is 1.